The van der Waals surface area contributed by atoms with Gasteiger partial charge in [-0.05, 0) is 36.8 Å². The van der Waals surface area contributed by atoms with Crippen molar-refractivity contribution in [2.45, 2.75) is 65.1 Å². The molecule has 0 radical (unpaired) electrons. The monoisotopic (exact) mass is 289 g/mol. The Balaban J connectivity index is 1.93. The van der Waals surface area contributed by atoms with Gasteiger partial charge in [-0.25, -0.2) is 0 Å². The van der Waals surface area contributed by atoms with E-state index < -0.39 is 0 Å². The predicted octanol–water partition coefficient (Wildman–Crippen LogP) is 2.73. The second-order valence-electron chi connectivity index (χ2n) is 7.30. The molecule has 116 valence electrons. The van der Waals surface area contributed by atoms with Crippen molar-refractivity contribution < 1.29 is 4.79 Å². The van der Waals surface area contributed by atoms with E-state index in [0.29, 0.717) is 19.0 Å². The van der Waals surface area contributed by atoms with Gasteiger partial charge in [0.15, 0.2) is 0 Å². The lowest BCUT2D eigenvalue weighted by atomic mass is 9.87. The standard InChI is InChI=1S/C17H27N3O/c1-17(2,3)11-13(18)10-16(21)20(15-7-8-15)12-14-6-4-5-9-19-14/h4-6,9,13,15H,7-8,10-12,18H2,1-3H3. The molecule has 2 rings (SSSR count). The molecule has 1 aliphatic rings. The van der Waals surface area contributed by atoms with Crippen LogP contribution < -0.4 is 5.73 Å². The molecular formula is C17H27N3O. The molecule has 0 bridgehead atoms. The zero-order valence-corrected chi connectivity index (χ0v) is 13.4. The molecule has 1 heterocycles. The summed E-state index contributed by atoms with van der Waals surface area (Å²) in [6.07, 6.45) is 5.28. The summed E-state index contributed by atoms with van der Waals surface area (Å²) in [7, 11) is 0. The van der Waals surface area contributed by atoms with Crippen LogP contribution in [-0.4, -0.2) is 27.9 Å². The highest BCUT2D eigenvalue weighted by atomic mass is 16.2. The number of amides is 1. The van der Waals surface area contributed by atoms with Gasteiger partial charge in [-0.15, -0.1) is 0 Å². The van der Waals surface area contributed by atoms with E-state index in [-0.39, 0.29) is 17.4 Å². The maximum atomic E-state index is 12.5. The van der Waals surface area contributed by atoms with Crippen molar-refractivity contribution in [1.82, 2.24) is 9.88 Å². The van der Waals surface area contributed by atoms with Crippen molar-refractivity contribution in [3.63, 3.8) is 0 Å². The number of aromatic nitrogens is 1. The molecule has 0 saturated heterocycles. The molecule has 4 heteroatoms. The quantitative estimate of drug-likeness (QED) is 0.876. The van der Waals surface area contributed by atoms with Crippen molar-refractivity contribution in [1.29, 1.82) is 0 Å². The van der Waals surface area contributed by atoms with E-state index >= 15 is 0 Å². The Labute approximate surface area is 127 Å². The Morgan fingerprint density at radius 1 is 1.43 bits per heavy atom. The molecule has 2 N–H and O–H groups in total. The second kappa shape index (κ2) is 6.56. The lowest BCUT2D eigenvalue weighted by Gasteiger charge is -2.26. The van der Waals surface area contributed by atoms with Crippen LogP contribution in [0.4, 0.5) is 0 Å². The second-order valence-corrected chi connectivity index (χ2v) is 7.30. The summed E-state index contributed by atoms with van der Waals surface area (Å²) >= 11 is 0. The summed E-state index contributed by atoms with van der Waals surface area (Å²) in [5.74, 6) is 0.167. The third-order valence-electron chi connectivity index (χ3n) is 3.68. The molecule has 4 nitrogen and oxygen atoms in total. The van der Waals surface area contributed by atoms with E-state index in [1.807, 2.05) is 23.1 Å². The molecule has 0 aliphatic heterocycles. The summed E-state index contributed by atoms with van der Waals surface area (Å²) in [6.45, 7) is 7.07. The van der Waals surface area contributed by atoms with Crippen LogP contribution in [-0.2, 0) is 11.3 Å². The Bertz CT molecular complexity index is 463. The molecule has 1 amide bonds. The number of pyridine rings is 1. The SMILES string of the molecule is CC(C)(C)CC(N)CC(=O)N(Cc1ccccn1)C1CC1. The average Bonchev–Trinajstić information content (AvgIpc) is 3.18. The van der Waals surface area contributed by atoms with Crippen LogP contribution in [0.3, 0.4) is 0 Å². The van der Waals surface area contributed by atoms with Crippen molar-refractivity contribution in [3.8, 4) is 0 Å². The van der Waals surface area contributed by atoms with E-state index in [1.165, 1.54) is 0 Å². The number of nitrogens with zero attached hydrogens (tertiary/aromatic N) is 2. The van der Waals surface area contributed by atoms with Gasteiger partial charge >= 0.3 is 0 Å². The normalized spacial score (nSPS) is 16.6. The molecule has 1 aliphatic carbocycles. The van der Waals surface area contributed by atoms with Crippen LogP contribution in [0.2, 0.25) is 0 Å². The van der Waals surface area contributed by atoms with Crippen LogP contribution in [0.15, 0.2) is 24.4 Å². The van der Waals surface area contributed by atoms with Gasteiger partial charge in [0.25, 0.3) is 0 Å². The van der Waals surface area contributed by atoms with Crippen molar-refractivity contribution in [2.24, 2.45) is 11.1 Å². The van der Waals surface area contributed by atoms with E-state index in [4.69, 9.17) is 5.73 Å². The molecular weight excluding hydrogens is 262 g/mol. The third kappa shape index (κ3) is 5.46. The molecule has 1 unspecified atom stereocenters. The highest BCUT2D eigenvalue weighted by Gasteiger charge is 2.33. The minimum Gasteiger partial charge on any atom is -0.334 e. The Morgan fingerprint density at radius 2 is 2.14 bits per heavy atom. The highest BCUT2D eigenvalue weighted by molar-refractivity contribution is 5.77. The molecule has 1 fully saturated rings. The average molecular weight is 289 g/mol. The van der Waals surface area contributed by atoms with E-state index in [0.717, 1.165) is 25.0 Å². The largest absolute Gasteiger partial charge is 0.334 e. The summed E-state index contributed by atoms with van der Waals surface area (Å²) < 4.78 is 0. The molecule has 1 aromatic rings. The van der Waals surface area contributed by atoms with Crippen molar-refractivity contribution in [3.05, 3.63) is 30.1 Å². The van der Waals surface area contributed by atoms with Crippen LogP contribution >= 0.6 is 0 Å². The number of hydrogen-bond donors (Lipinski definition) is 1. The maximum absolute atomic E-state index is 12.5. The van der Waals surface area contributed by atoms with Crippen LogP contribution in [0, 0.1) is 5.41 Å². The summed E-state index contributed by atoms with van der Waals surface area (Å²) in [5, 5.41) is 0. The fraction of sp³-hybridized carbons (Fsp3) is 0.647. The Kier molecular flexibility index (Phi) is 4.99. The fourth-order valence-corrected chi connectivity index (χ4v) is 2.67. The van der Waals surface area contributed by atoms with Gasteiger partial charge in [0, 0.05) is 24.7 Å². The van der Waals surface area contributed by atoms with Gasteiger partial charge in [0.05, 0.1) is 12.2 Å². The number of carbonyl (C=O) groups excluding carboxylic acids is 1. The molecule has 0 aromatic carbocycles. The van der Waals surface area contributed by atoms with E-state index in [9.17, 15) is 4.79 Å². The first-order chi connectivity index (χ1) is 9.85. The fourth-order valence-electron chi connectivity index (χ4n) is 2.67. The summed E-state index contributed by atoms with van der Waals surface area (Å²) in [5.41, 5.74) is 7.25. The first-order valence-corrected chi connectivity index (χ1v) is 7.80. The molecule has 1 aromatic heterocycles. The van der Waals surface area contributed by atoms with Crippen LogP contribution in [0.5, 0.6) is 0 Å². The van der Waals surface area contributed by atoms with E-state index in [1.54, 1.807) is 6.20 Å². The van der Waals surface area contributed by atoms with Crippen molar-refractivity contribution in [2.75, 3.05) is 0 Å². The number of hydrogen-bond acceptors (Lipinski definition) is 3. The smallest absolute Gasteiger partial charge is 0.224 e. The summed E-state index contributed by atoms with van der Waals surface area (Å²) in [4.78, 5) is 18.8. The first kappa shape index (κ1) is 16.0. The van der Waals surface area contributed by atoms with Crippen LogP contribution in [0.1, 0.15) is 52.1 Å². The minimum atomic E-state index is -0.0671. The number of carbonyl (C=O) groups is 1. The van der Waals surface area contributed by atoms with Gasteiger partial charge in [-0.1, -0.05) is 26.8 Å². The molecule has 0 spiro atoms. The predicted molar refractivity (Wildman–Crippen MR) is 84.5 cm³/mol. The van der Waals surface area contributed by atoms with Crippen molar-refractivity contribution >= 4 is 5.91 Å². The third-order valence-corrected chi connectivity index (χ3v) is 3.68. The lowest BCUT2D eigenvalue weighted by molar-refractivity contribution is -0.133. The van der Waals surface area contributed by atoms with Gasteiger partial charge in [-0.3, -0.25) is 9.78 Å². The molecule has 1 atom stereocenters. The number of rotatable bonds is 6. The van der Waals surface area contributed by atoms with Gasteiger partial charge < -0.3 is 10.6 Å². The van der Waals surface area contributed by atoms with Gasteiger partial charge in [0.2, 0.25) is 5.91 Å². The lowest BCUT2D eigenvalue weighted by Crippen LogP contribution is -2.38. The Hall–Kier alpha value is -1.42. The van der Waals surface area contributed by atoms with Crippen LogP contribution in [0.25, 0.3) is 0 Å². The van der Waals surface area contributed by atoms with Gasteiger partial charge in [-0.2, -0.15) is 0 Å². The topological polar surface area (TPSA) is 59.2 Å². The number of nitrogens with two attached hydrogens (primary N) is 1. The Morgan fingerprint density at radius 3 is 2.67 bits per heavy atom. The zero-order valence-electron chi connectivity index (χ0n) is 13.4. The minimum absolute atomic E-state index is 0.0671. The molecule has 21 heavy (non-hydrogen) atoms. The van der Waals surface area contributed by atoms with Gasteiger partial charge in [0.1, 0.15) is 0 Å². The summed E-state index contributed by atoms with van der Waals surface area (Å²) in [6, 6.07) is 6.15. The van der Waals surface area contributed by atoms with E-state index in [2.05, 4.69) is 25.8 Å². The first-order valence-electron chi connectivity index (χ1n) is 7.80. The molecule has 1 saturated carbocycles. The highest BCUT2D eigenvalue weighted by Crippen LogP contribution is 2.29. The zero-order chi connectivity index (χ0) is 15.5. The maximum Gasteiger partial charge on any atom is 0.224 e.